The van der Waals surface area contributed by atoms with E-state index in [2.05, 4.69) is 54.1 Å². The van der Waals surface area contributed by atoms with E-state index >= 15 is 0 Å². The van der Waals surface area contributed by atoms with E-state index in [0.29, 0.717) is 12.1 Å². The summed E-state index contributed by atoms with van der Waals surface area (Å²) in [4.78, 5) is 8.43. The van der Waals surface area contributed by atoms with Gasteiger partial charge in [-0.2, -0.15) is 0 Å². The van der Waals surface area contributed by atoms with Crippen LogP contribution in [0, 0.1) is 0 Å². The summed E-state index contributed by atoms with van der Waals surface area (Å²) in [7, 11) is 4.24. The van der Waals surface area contributed by atoms with E-state index in [1.165, 1.54) is 30.6 Å². The molecular weight excluding hydrogens is 407 g/mol. The van der Waals surface area contributed by atoms with Gasteiger partial charge in [-0.15, -0.1) is 35.3 Å². The predicted octanol–water partition coefficient (Wildman–Crippen LogP) is 3.47. The Bertz CT molecular complexity index is 427. The van der Waals surface area contributed by atoms with Gasteiger partial charge in [-0.1, -0.05) is 18.9 Å². The summed E-state index contributed by atoms with van der Waals surface area (Å²) in [5, 5.41) is 9.09. The number of hydrogen-bond donors (Lipinski definition) is 2. The fourth-order valence-electron chi connectivity index (χ4n) is 2.75. The van der Waals surface area contributed by atoms with Gasteiger partial charge in [-0.3, -0.25) is 4.99 Å². The molecule has 1 aromatic heterocycles. The first kappa shape index (κ1) is 19.7. The molecule has 0 amide bonds. The van der Waals surface area contributed by atoms with Crippen molar-refractivity contribution in [1.82, 2.24) is 15.5 Å². The molecule has 1 aliphatic rings. The van der Waals surface area contributed by atoms with Crippen LogP contribution in [0.4, 0.5) is 0 Å². The molecule has 1 unspecified atom stereocenters. The van der Waals surface area contributed by atoms with Crippen LogP contribution in [-0.4, -0.2) is 44.1 Å². The van der Waals surface area contributed by atoms with Crippen molar-refractivity contribution in [2.75, 3.05) is 27.2 Å². The fourth-order valence-corrected chi connectivity index (χ4v) is 3.66. The highest BCUT2D eigenvalue weighted by molar-refractivity contribution is 14.0. The maximum Gasteiger partial charge on any atom is 0.191 e. The number of thiophene rings is 1. The van der Waals surface area contributed by atoms with Crippen molar-refractivity contribution in [2.24, 2.45) is 4.99 Å². The summed E-state index contributed by atoms with van der Waals surface area (Å²) in [5.74, 6) is 0.966. The first-order chi connectivity index (χ1) is 10.2. The van der Waals surface area contributed by atoms with E-state index < -0.39 is 0 Å². The van der Waals surface area contributed by atoms with Crippen LogP contribution in [0.1, 0.15) is 43.5 Å². The molecule has 1 aromatic rings. The van der Waals surface area contributed by atoms with Crippen LogP contribution in [-0.2, 0) is 0 Å². The van der Waals surface area contributed by atoms with Crippen LogP contribution in [0.2, 0.25) is 0 Å². The number of hydrogen-bond acceptors (Lipinski definition) is 3. The van der Waals surface area contributed by atoms with Gasteiger partial charge < -0.3 is 15.5 Å². The number of halogens is 1. The molecule has 126 valence electrons. The Morgan fingerprint density at radius 3 is 2.68 bits per heavy atom. The molecule has 0 bridgehead atoms. The highest BCUT2D eigenvalue weighted by Crippen LogP contribution is 2.23. The standard InChI is InChI=1S/C16H28N4S.HI/c1-4-17-16(19-13-8-5-6-9-13)18-12-14(20(2)3)15-10-7-11-21-15;/h7,10-11,13-14H,4-6,8-9,12H2,1-3H3,(H2,17,18,19);1H. The summed E-state index contributed by atoms with van der Waals surface area (Å²) in [6.45, 7) is 3.81. The average Bonchev–Trinajstić information content (AvgIpc) is 3.11. The quantitative estimate of drug-likeness (QED) is 0.408. The second-order valence-electron chi connectivity index (χ2n) is 5.84. The van der Waals surface area contributed by atoms with Crippen molar-refractivity contribution in [3.63, 3.8) is 0 Å². The van der Waals surface area contributed by atoms with E-state index in [9.17, 15) is 0 Å². The minimum atomic E-state index is 0. The molecule has 0 radical (unpaired) electrons. The Morgan fingerprint density at radius 2 is 2.14 bits per heavy atom. The van der Waals surface area contributed by atoms with Crippen molar-refractivity contribution in [1.29, 1.82) is 0 Å². The van der Waals surface area contributed by atoms with Crippen LogP contribution in [0.15, 0.2) is 22.5 Å². The van der Waals surface area contributed by atoms with Gasteiger partial charge in [0.15, 0.2) is 5.96 Å². The smallest absolute Gasteiger partial charge is 0.191 e. The Hall–Kier alpha value is -0.340. The minimum absolute atomic E-state index is 0. The monoisotopic (exact) mass is 436 g/mol. The van der Waals surface area contributed by atoms with Crippen LogP contribution in [0.5, 0.6) is 0 Å². The Morgan fingerprint density at radius 1 is 1.41 bits per heavy atom. The van der Waals surface area contributed by atoms with E-state index in [1.54, 1.807) is 11.3 Å². The predicted molar refractivity (Wildman–Crippen MR) is 108 cm³/mol. The molecule has 0 saturated heterocycles. The lowest BCUT2D eigenvalue weighted by Gasteiger charge is -2.23. The van der Waals surface area contributed by atoms with Gasteiger partial charge in [0.25, 0.3) is 0 Å². The van der Waals surface area contributed by atoms with Gasteiger partial charge in [0.1, 0.15) is 0 Å². The largest absolute Gasteiger partial charge is 0.357 e. The summed E-state index contributed by atoms with van der Waals surface area (Å²) in [5.41, 5.74) is 0. The Kier molecular flexibility index (Phi) is 9.35. The maximum atomic E-state index is 4.81. The number of nitrogens with zero attached hydrogens (tertiary/aromatic N) is 2. The van der Waals surface area contributed by atoms with Crippen molar-refractivity contribution in [3.8, 4) is 0 Å². The number of nitrogens with one attached hydrogen (secondary N) is 2. The summed E-state index contributed by atoms with van der Waals surface area (Å²) < 4.78 is 0. The van der Waals surface area contributed by atoms with Gasteiger partial charge in [0.05, 0.1) is 12.6 Å². The second kappa shape index (κ2) is 10.4. The van der Waals surface area contributed by atoms with Gasteiger partial charge in [0, 0.05) is 17.5 Å². The number of aliphatic imine (C=N–C) groups is 1. The number of guanidine groups is 1. The zero-order valence-electron chi connectivity index (χ0n) is 13.8. The maximum absolute atomic E-state index is 4.81. The zero-order valence-corrected chi connectivity index (χ0v) is 17.0. The molecule has 22 heavy (non-hydrogen) atoms. The van der Waals surface area contributed by atoms with Gasteiger partial charge in [-0.25, -0.2) is 0 Å². The molecule has 0 spiro atoms. The lowest BCUT2D eigenvalue weighted by Crippen LogP contribution is -2.42. The average molecular weight is 436 g/mol. The van der Waals surface area contributed by atoms with Crippen LogP contribution in [0.3, 0.4) is 0 Å². The Labute approximate surface area is 155 Å². The van der Waals surface area contributed by atoms with Crippen LogP contribution >= 0.6 is 35.3 Å². The molecule has 2 rings (SSSR count). The highest BCUT2D eigenvalue weighted by Gasteiger charge is 2.18. The van der Waals surface area contributed by atoms with Crippen LogP contribution in [0.25, 0.3) is 0 Å². The molecule has 0 aromatic carbocycles. The molecular formula is C16H29IN4S. The normalized spacial score (nSPS) is 17.4. The van der Waals surface area contributed by atoms with Gasteiger partial charge >= 0.3 is 0 Å². The lowest BCUT2D eigenvalue weighted by atomic mass is 10.2. The lowest BCUT2D eigenvalue weighted by molar-refractivity contribution is 0.310. The molecule has 1 aliphatic carbocycles. The minimum Gasteiger partial charge on any atom is -0.357 e. The van der Waals surface area contributed by atoms with Gasteiger partial charge in [0.2, 0.25) is 0 Å². The molecule has 1 fully saturated rings. The fraction of sp³-hybridized carbons (Fsp3) is 0.688. The van der Waals surface area contributed by atoms with Crippen molar-refractivity contribution >= 4 is 41.3 Å². The highest BCUT2D eigenvalue weighted by atomic mass is 127. The molecule has 6 heteroatoms. The second-order valence-corrected chi connectivity index (χ2v) is 6.82. The Balaban J connectivity index is 0.00000242. The molecule has 4 nitrogen and oxygen atoms in total. The third-order valence-electron chi connectivity index (χ3n) is 3.96. The number of likely N-dealkylation sites (N-methyl/N-ethyl adjacent to an activating group) is 1. The molecule has 1 atom stereocenters. The summed E-state index contributed by atoms with van der Waals surface area (Å²) in [6, 6.07) is 5.26. The zero-order chi connectivity index (χ0) is 15.1. The first-order valence-electron chi connectivity index (χ1n) is 7.95. The molecule has 1 saturated carbocycles. The van der Waals surface area contributed by atoms with Crippen LogP contribution < -0.4 is 10.6 Å². The first-order valence-corrected chi connectivity index (χ1v) is 8.83. The van der Waals surface area contributed by atoms with Crippen molar-refractivity contribution < 1.29 is 0 Å². The molecule has 2 N–H and O–H groups in total. The third kappa shape index (κ3) is 6.04. The SMILES string of the molecule is CCNC(=NCC(c1cccs1)N(C)C)NC1CCCC1.I. The van der Waals surface area contributed by atoms with Crippen molar-refractivity contribution in [3.05, 3.63) is 22.4 Å². The van der Waals surface area contributed by atoms with E-state index in [4.69, 9.17) is 4.99 Å². The molecule has 0 aliphatic heterocycles. The van der Waals surface area contributed by atoms with Gasteiger partial charge in [-0.05, 0) is 45.3 Å². The van der Waals surface area contributed by atoms with E-state index in [-0.39, 0.29) is 24.0 Å². The van der Waals surface area contributed by atoms with Crippen molar-refractivity contribution in [2.45, 2.75) is 44.7 Å². The molecule has 1 heterocycles. The number of rotatable bonds is 6. The summed E-state index contributed by atoms with van der Waals surface area (Å²) in [6.07, 6.45) is 5.22. The topological polar surface area (TPSA) is 39.7 Å². The van der Waals surface area contributed by atoms with E-state index in [1.807, 2.05) is 0 Å². The third-order valence-corrected chi connectivity index (χ3v) is 4.93. The summed E-state index contributed by atoms with van der Waals surface area (Å²) >= 11 is 1.81. The van der Waals surface area contributed by atoms with E-state index in [0.717, 1.165) is 19.0 Å².